The van der Waals surface area contributed by atoms with Crippen LogP contribution >= 0.6 is 0 Å². The fourth-order valence-electron chi connectivity index (χ4n) is 3.16. The van der Waals surface area contributed by atoms with E-state index in [0.717, 1.165) is 49.8 Å². The fourth-order valence-corrected chi connectivity index (χ4v) is 3.16. The lowest BCUT2D eigenvalue weighted by Crippen LogP contribution is -2.49. The number of hydrogen-bond donors (Lipinski definition) is 1. The van der Waals surface area contributed by atoms with Gasteiger partial charge in [-0.1, -0.05) is 0 Å². The molecule has 0 amide bonds. The number of piperazine rings is 1. The molecule has 144 valence electrons. The summed E-state index contributed by atoms with van der Waals surface area (Å²) in [5.74, 6) is 1.34. The summed E-state index contributed by atoms with van der Waals surface area (Å²) in [7, 11) is 2.16. The molecule has 8 nitrogen and oxygen atoms in total. The van der Waals surface area contributed by atoms with Crippen molar-refractivity contribution in [2.24, 2.45) is 0 Å². The van der Waals surface area contributed by atoms with Gasteiger partial charge in [0.2, 0.25) is 0 Å². The van der Waals surface area contributed by atoms with Crippen molar-refractivity contribution in [3.05, 3.63) is 46.1 Å². The molecule has 1 atom stereocenters. The third kappa shape index (κ3) is 4.99. The van der Waals surface area contributed by atoms with Crippen LogP contribution in [-0.2, 0) is 0 Å². The van der Waals surface area contributed by atoms with Gasteiger partial charge in [-0.05, 0) is 33.0 Å². The minimum Gasteiger partial charge on any atom is -0.368 e. The van der Waals surface area contributed by atoms with Gasteiger partial charge in [0, 0.05) is 68.2 Å². The third-order valence-corrected chi connectivity index (χ3v) is 4.93. The zero-order valence-electron chi connectivity index (χ0n) is 16.1. The average Bonchev–Trinajstić information content (AvgIpc) is 2.66. The summed E-state index contributed by atoms with van der Waals surface area (Å²) in [5, 5.41) is 14.2. The average molecular weight is 370 g/mol. The second-order valence-corrected chi connectivity index (χ2v) is 7.09. The molecule has 1 aromatic heterocycles. The molecule has 0 bridgehead atoms. The largest absolute Gasteiger partial charge is 0.368 e. The van der Waals surface area contributed by atoms with E-state index < -0.39 is 4.92 Å². The predicted molar refractivity (Wildman–Crippen MR) is 106 cm³/mol. The van der Waals surface area contributed by atoms with Crippen molar-refractivity contribution in [3.8, 4) is 11.4 Å². The SMILES string of the molecule is Cc1cc(NCC(C)N2CCN(C)CC2)nc(-c2ccc([N+](=O)[O-])cc2)n1. The minimum absolute atomic E-state index is 0.0609. The van der Waals surface area contributed by atoms with Gasteiger partial charge in [-0.15, -0.1) is 0 Å². The highest BCUT2D eigenvalue weighted by molar-refractivity contribution is 5.59. The fraction of sp³-hybridized carbons (Fsp3) is 0.474. The van der Waals surface area contributed by atoms with Gasteiger partial charge in [0.05, 0.1) is 4.92 Å². The van der Waals surface area contributed by atoms with Crippen molar-refractivity contribution < 1.29 is 4.92 Å². The number of aromatic nitrogens is 2. The van der Waals surface area contributed by atoms with Crippen molar-refractivity contribution in [2.45, 2.75) is 19.9 Å². The Bertz CT molecular complexity index is 787. The van der Waals surface area contributed by atoms with Crippen LogP contribution in [0.25, 0.3) is 11.4 Å². The Morgan fingerprint density at radius 1 is 1.19 bits per heavy atom. The molecule has 2 heterocycles. The van der Waals surface area contributed by atoms with Crippen molar-refractivity contribution in [3.63, 3.8) is 0 Å². The number of nitro benzene ring substituents is 1. The quantitative estimate of drug-likeness (QED) is 0.617. The summed E-state index contributed by atoms with van der Waals surface area (Å²) in [6.45, 7) is 9.31. The Morgan fingerprint density at radius 2 is 1.85 bits per heavy atom. The predicted octanol–water partition coefficient (Wildman–Crippen LogP) is 2.41. The van der Waals surface area contributed by atoms with Crippen molar-refractivity contribution in [1.82, 2.24) is 19.8 Å². The van der Waals surface area contributed by atoms with E-state index in [2.05, 4.69) is 39.1 Å². The van der Waals surface area contributed by atoms with Gasteiger partial charge >= 0.3 is 0 Å². The molecule has 1 saturated heterocycles. The number of nitro groups is 1. The van der Waals surface area contributed by atoms with Gasteiger partial charge in [0.25, 0.3) is 5.69 Å². The number of benzene rings is 1. The Hall–Kier alpha value is -2.58. The molecule has 1 aliphatic rings. The van der Waals surface area contributed by atoms with E-state index in [-0.39, 0.29) is 5.69 Å². The number of nitrogens with one attached hydrogen (secondary N) is 1. The molecule has 0 radical (unpaired) electrons. The lowest BCUT2D eigenvalue weighted by molar-refractivity contribution is -0.384. The van der Waals surface area contributed by atoms with Crippen molar-refractivity contribution >= 4 is 11.5 Å². The monoisotopic (exact) mass is 370 g/mol. The molecule has 1 aromatic carbocycles. The third-order valence-electron chi connectivity index (χ3n) is 4.93. The lowest BCUT2D eigenvalue weighted by atomic mass is 10.2. The number of anilines is 1. The maximum Gasteiger partial charge on any atom is 0.269 e. The molecule has 0 aliphatic carbocycles. The second kappa shape index (κ2) is 8.41. The number of rotatable bonds is 6. The molecular weight excluding hydrogens is 344 g/mol. The number of hydrogen-bond acceptors (Lipinski definition) is 7. The van der Waals surface area contributed by atoms with Gasteiger partial charge in [0.15, 0.2) is 5.82 Å². The maximum absolute atomic E-state index is 10.8. The standard InChI is InChI=1S/C19H26N6O2/c1-14-12-18(20-13-15(2)24-10-8-23(3)9-11-24)22-19(21-14)16-4-6-17(7-5-16)25(26)27/h4-7,12,15H,8-11,13H2,1-3H3,(H,20,21,22). The van der Waals surface area contributed by atoms with E-state index in [1.165, 1.54) is 12.1 Å². The van der Waals surface area contributed by atoms with Gasteiger partial charge in [-0.25, -0.2) is 9.97 Å². The van der Waals surface area contributed by atoms with Crippen LogP contribution in [0.3, 0.4) is 0 Å². The van der Waals surface area contributed by atoms with Crippen LogP contribution in [0.4, 0.5) is 11.5 Å². The van der Waals surface area contributed by atoms with Crippen LogP contribution in [-0.4, -0.2) is 70.5 Å². The first-order chi connectivity index (χ1) is 12.9. The van der Waals surface area contributed by atoms with Crippen LogP contribution in [0, 0.1) is 17.0 Å². The summed E-state index contributed by atoms with van der Waals surface area (Å²) in [6.07, 6.45) is 0. The molecule has 1 aliphatic heterocycles. The first-order valence-corrected chi connectivity index (χ1v) is 9.19. The van der Waals surface area contributed by atoms with Crippen LogP contribution in [0.2, 0.25) is 0 Å². The van der Waals surface area contributed by atoms with E-state index in [1.54, 1.807) is 12.1 Å². The Labute approximate surface area is 159 Å². The first-order valence-electron chi connectivity index (χ1n) is 9.19. The van der Waals surface area contributed by atoms with E-state index in [4.69, 9.17) is 0 Å². The highest BCUT2D eigenvalue weighted by atomic mass is 16.6. The zero-order valence-corrected chi connectivity index (χ0v) is 16.1. The first kappa shape index (κ1) is 19.2. The van der Waals surface area contributed by atoms with Gasteiger partial charge in [-0.3, -0.25) is 15.0 Å². The van der Waals surface area contributed by atoms with Crippen LogP contribution in [0.5, 0.6) is 0 Å². The Balaban J connectivity index is 1.67. The molecule has 1 N–H and O–H groups in total. The molecule has 8 heteroatoms. The molecule has 27 heavy (non-hydrogen) atoms. The van der Waals surface area contributed by atoms with E-state index >= 15 is 0 Å². The smallest absolute Gasteiger partial charge is 0.269 e. The number of non-ortho nitro benzene ring substituents is 1. The summed E-state index contributed by atoms with van der Waals surface area (Å²) in [6, 6.07) is 8.66. The molecule has 3 rings (SSSR count). The Morgan fingerprint density at radius 3 is 2.48 bits per heavy atom. The molecular formula is C19H26N6O2. The minimum atomic E-state index is -0.409. The summed E-state index contributed by atoms with van der Waals surface area (Å²) >= 11 is 0. The van der Waals surface area contributed by atoms with Crippen molar-refractivity contribution in [1.29, 1.82) is 0 Å². The number of aryl methyl sites for hydroxylation is 1. The highest BCUT2D eigenvalue weighted by Crippen LogP contribution is 2.21. The van der Waals surface area contributed by atoms with Crippen LogP contribution < -0.4 is 5.32 Å². The highest BCUT2D eigenvalue weighted by Gasteiger charge is 2.19. The molecule has 1 fully saturated rings. The Kier molecular flexibility index (Phi) is 5.98. The molecule has 2 aromatic rings. The molecule has 0 spiro atoms. The van der Waals surface area contributed by atoms with Gasteiger partial charge in [0.1, 0.15) is 5.82 Å². The maximum atomic E-state index is 10.8. The van der Waals surface area contributed by atoms with Gasteiger partial charge < -0.3 is 10.2 Å². The second-order valence-electron chi connectivity index (χ2n) is 7.09. The van der Waals surface area contributed by atoms with E-state index in [9.17, 15) is 10.1 Å². The number of likely N-dealkylation sites (N-methyl/N-ethyl adjacent to an activating group) is 1. The lowest BCUT2D eigenvalue weighted by Gasteiger charge is -2.36. The molecule has 0 saturated carbocycles. The normalized spacial score (nSPS) is 16.9. The molecule has 1 unspecified atom stereocenters. The summed E-state index contributed by atoms with van der Waals surface area (Å²) in [5.41, 5.74) is 1.68. The topological polar surface area (TPSA) is 87.4 Å². The van der Waals surface area contributed by atoms with Crippen molar-refractivity contribution in [2.75, 3.05) is 45.1 Å². The van der Waals surface area contributed by atoms with Crippen LogP contribution in [0.1, 0.15) is 12.6 Å². The number of nitrogens with zero attached hydrogens (tertiary/aromatic N) is 5. The summed E-state index contributed by atoms with van der Waals surface area (Å²) < 4.78 is 0. The zero-order chi connectivity index (χ0) is 19.4. The summed E-state index contributed by atoms with van der Waals surface area (Å²) in [4.78, 5) is 24.3. The van der Waals surface area contributed by atoms with Crippen LogP contribution in [0.15, 0.2) is 30.3 Å². The van der Waals surface area contributed by atoms with E-state index in [0.29, 0.717) is 11.9 Å². The van der Waals surface area contributed by atoms with Gasteiger partial charge in [-0.2, -0.15) is 0 Å². The van der Waals surface area contributed by atoms with E-state index in [1.807, 2.05) is 13.0 Å².